The van der Waals surface area contributed by atoms with E-state index in [0.717, 1.165) is 25.2 Å². The Labute approximate surface area is 167 Å². The van der Waals surface area contributed by atoms with Crippen molar-refractivity contribution in [2.75, 3.05) is 0 Å². The summed E-state index contributed by atoms with van der Waals surface area (Å²) in [5, 5.41) is 0. The van der Waals surface area contributed by atoms with Crippen molar-refractivity contribution < 1.29 is 0 Å². The maximum Gasteiger partial charge on any atom is 0.00913 e. The quantitative estimate of drug-likeness (QED) is 0.159. The molecular weight excluding hydrogens is 312 g/mol. The van der Waals surface area contributed by atoms with E-state index in [9.17, 15) is 0 Å². The third-order valence-electron chi connectivity index (χ3n) is 5.62. The summed E-state index contributed by atoms with van der Waals surface area (Å²) in [5.41, 5.74) is 0. The summed E-state index contributed by atoms with van der Waals surface area (Å²) in [6, 6.07) is 0. The van der Waals surface area contributed by atoms with E-state index in [1.54, 1.807) is 0 Å². The number of rotatable bonds is 19. The highest BCUT2D eigenvalue weighted by Gasteiger charge is 2.04. The Hall–Kier alpha value is -0.440. The van der Waals surface area contributed by atoms with Crippen molar-refractivity contribution in [3.63, 3.8) is 0 Å². The van der Waals surface area contributed by atoms with Crippen molar-refractivity contribution in [3.05, 3.63) is 13.8 Å². The molecule has 0 aliphatic heterocycles. The summed E-state index contributed by atoms with van der Waals surface area (Å²) in [6.45, 7) is 10.0. The third kappa shape index (κ3) is 19.9. The highest BCUT2D eigenvalue weighted by atomic mass is 14.1. The molecule has 0 heterocycles. The second kappa shape index (κ2) is 22.6. The van der Waals surface area contributed by atoms with Gasteiger partial charge < -0.3 is 0 Å². The van der Waals surface area contributed by atoms with E-state index in [-0.39, 0.29) is 0 Å². The smallest absolute Gasteiger partial charge is 0.00913 e. The van der Waals surface area contributed by atoms with Gasteiger partial charge in [0.15, 0.2) is 0 Å². The Balaban J connectivity index is 3.22. The molecule has 0 saturated heterocycles. The van der Waals surface area contributed by atoms with Crippen LogP contribution in [0.15, 0.2) is 0 Å². The molecule has 0 rings (SSSR count). The molecule has 152 valence electrons. The molecule has 0 aromatic heterocycles. The predicted octanol–water partition coefficient (Wildman–Crippen LogP) is 9.10. The molecule has 0 amide bonds. The van der Waals surface area contributed by atoms with Gasteiger partial charge >= 0.3 is 0 Å². The van der Waals surface area contributed by atoms with E-state index < -0.39 is 0 Å². The van der Waals surface area contributed by atoms with Crippen molar-refractivity contribution in [2.45, 2.75) is 135 Å². The van der Waals surface area contributed by atoms with E-state index in [1.165, 1.54) is 109 Å². The van der Waals surface area contributed by atoms with Gasteiger partial charge in [-0.1, -0.05) is 123 Å². The number of hydrogen-bond donors (Lipinski definition) is 0. The SMILES string of the molecule is [CH2]CC#CCCC(CC)CCCCCCCCCCCCCCCC[CH2]. The Bertz CT molecular complexity index is 306. The van der Waals surface area contributed by atoms with Crippen molar-refractivity contribution >= 4 is 0 Å². The first-order valence-electron chi connectivity index (χ1n) is 11.9. The normalized spacial score (nSPS) is 12.0. The number of hydrogen-bond acceptors (Lipinski definition) is 0. The van der Waals surface area contributed by atoms with Gasteiger partial charge in [0.2, 0.25) is 0 Å². The van der Waals surface area contributed by atoms with Crippen molar-refractivity contribution in [3.8, 4) is 11.8 Å². The summed E-state index contributed by atoms with van der Waals surface area (Å²) in [6.07, 6.45) is 27.1. The summed E-state index contributed by atoms with van der Waals surface area (Å²) in [5.74, 6) is 7.22. The van der Waals surface area contributed by atoms with Crippen LogP contribution in [0, 0.1) is 31.6 Å². The predicted molar refractivity (Wildman–Crippen MR) is 120 cm³/mol. The monoisotopic (exact) mass is 360 g/mol. The lowest BCUT2D eigenvalue weighted by Crippen LogP contribution is -1.98. The molecule has 0 bridgehead atoms. The summed E-state index contributed by atoms with van der Waals surface area (Å²) in [4.78, 5) is 0. The topological polar surface area (TPSA) is 0 Å². The maximum atomic E-state index is 3.91. The molecule has 0 aromatic carbocycles. The summed E-state index contributed by atoms with van der Waals surface area (Å²) >= 11 is 0. The minimum atomic E-state index is 0.758. The van der Waals surface area contributed by atoms with Gasteiger partial charge in [-0.15, -0.1) is 11.8 Å². The fourth-order valence-corrected chi connectivity index (χ4v) is 3.74. The zero-order chi connectivity index (χ0) is 19.1. The molecular formula is C26H48. The molecule has 0 nitrogen and oxygen atoms in total. The highest BCUT2D eigenvalue weighted by molar-refractivity contribution is 4.99. The first kappa shape index (κ1) is 25.6. The average molecular weight is 361 g/mol. The van der Waals surface area contributed by atoms with Crippen molar-refractivity contribution in [1.29, 1.82) is 0 Å². The Morgan fingerprint density at radius 1 is 0.577 bits per heavy atom. The van der Waals surface area contributed by atoms with Gasteiger partial charge in [0, 0.05) is 12.8 Å². The van der Waals surface area contributed by atoms with Crippen LogP contribution in [0.5, 0.6) is 0 Å². The first-order chi connectivity index (χ1) is 12.8. The Morgan fingerprint density at radius 3 is 1.46 bits per heavy atom. The molecule has 26 heavy (non-hydrogen) atoms. The van der Waals surface area contributed by atoms with Crippen molar-refractivity contribution in [2.24, 2.45) is 5.92 Å². The maximum absolute atomic E-state index is 3.91. The van der Waals surface area contributed by atoms with Crippen molar-refractivity contribution in [1.82, 2.24) is 0 Å². The van der Waals surface area contributed by atoms with Gasteiger partial charge in [0.1, 0.15) is 0 Å². The molecule has 0 saturated carbocycles. The first-order valence-corrected chi connectivity index (χ1v) is 11.9. The van der Waals surface area contributed by atoms with Gasteiger partial charge in [-0.2, -0.15) is 0 Å². The fourth-order valence-electron chi connectivity index (χ4n) is 3.74. The van der Waals surface area contributed by atoms with Crippen LogP contribution in [-0.2, 0) is 0 Å². The van der Waals surface area contributed by atoms with E-state index in [0.29, 0.717) is 0 Å². The largest absolute Gasteiger partial charge is 0.103 e. The second-order valence-corrected chi connectivity index (χ2v) is 8.01. The molecule has 0 fully saturated rings. The molecule has 0 N–H and O–H groups in total. The molecule has 0 aliphatic carbocycles. The second-order valence-electron chi connectivity index (χ2n) is 8.01. The zero-order valence-electron chi connectivity index (χ0n) is 18.1. The molecule has 0 aromatic rings. The Morgan fingerprint density at radius 2 is 1.04 bits per heavy atom. The van der Waals surface area contributed by atoms with Crippen LogP contribution in [0.2, 0.25) is 0 Å². The molecule has 0 heteroatoms. The summed E-state index contributed by atoms with van der Waals surface area (Å²) in [7, 11) is 0. The minimum Gasteiger partial charge on any atom is -0.103 e. The molecule has 1 atom stereocenters. The van der Waals surface area contributed by atoms with Crippen LogP contribution in [0.1, 0.15) is 135 Å². The highest BCUT2D eigenvalue weighted by Crippen LogP contribution is 2.20. The van der Waals surface area contributed by atoms with Crippen LogP contribution in [0.25, 0.3) is 0 Å². The van der Waals surface area contributed by atoms with Gasteiger partial charge in [-0.3, -0.25) is 0 Å². The van der Waals surface area contributed by atoms with Crippen LogP contribution in [-0.4, -0.2) is 0 Å². The Kier molecular flexibility index (Phi) is 22.2. The third-order valence-corrected chi connectivity index (χ3v) is 5.62. The number of unbranched alkanes of at least 4 members (excludes halogenated alkanes) is 14. The van der Waals surface area contributed by atoms with Crippen LogP contribution in [0.4, 0.5) is 0 Å². The van der Waals surface area contributed by atoms with Gasteiger partial charge in [0.25, 0.3) is 0 Å². The minimum absolute atomic E-state index is 0.758. The summed E-state index contributed by atoms with van der Waals surface area (Å²) < 4.78 is 0. The lowest BCUT2D eigenvalue weighted by Gasteiger charge is -2.12. The van der Waals surface area contributed by atoms with Gasteiger partial charge in [-0.05, 0) is 19.3 Å². The molecule has 2 radical (unpaired) electrons. The van der Waals surface area contributed by atoms with E-state index in [1.807, 2.05) is 0 Å². The average Bonchev–Trinajstić information content (AvgIpc) is 2.66. The van der Waals surface area contributed by atoms with Crippen LogP contribution in [0.3, 0.4) is 0 Å². The lowest BCUT2D eigenvalue weighted by molar-refractivity contribution is 0.416. The molecule has 0 aliphatic rings. The van der Waals surface area contributed by atoms with Crippen LogP contribution < -0.4 is 0 Å². The zero-order valence-corrected chi connectivity index (χ0v) is 18.1. The molecule has 1 unspecified atom stereocenters. The lowest BCUT2D eigenvalue weighted by atomic mass is 9.93. The van der Waals surface area contributed by atoms with E-state index in [2.05, 4.69) is 32.6 Å². The van der Waals surface area contributed by atoms with Crippen LogP contribution >= 0.6 is 0 Å². The fraction of sp³-hybridized carbons (Fsp3) is 0.846. The van der Waals surface area contributed by atoms with E-state index >= 15 is 0 Å². The van der Waals surface area contributed by atoms with Gasteiger partial charge in [0.05, 0.1) is 0 Å². The standard InChI is InChI=1S/C26H48/c1-4-7-9-11-12-13-14-15-16-17-18-19-20-21-23-25-26(6-3)24-22-10-8-5-2/h26H,1-2,4-7,9,11-25H2,3H3. The van der Waals surface area contributed by atoms with E-state index in [4.69, 9.17) is 0 Å². The molecule has 0 spiro atoms. The van der Waals surface area contributed by atoms with Gasteiger partial charge in [-0.25, -0.2) is 0 Å².